The van der Waals surface area contributed by atoms with Crippen LogP contribution in [0.1, 0.15) is 52.9 Å². The van der Waals surface area contributed by atoms with Crippen LogP contribution in [0.15, 0.2) is 26.0 Å². The van der Waals surface area contributed by atoms with E-state index in [2.05, 4.69) is 45.2 Å². The number of unbranched alkanes of at least 4 members (excludes halogenated alkanes) is 2. The molecule has 0 atom stereocenters. The zero-order chi connectivity index (χ0) is 13.0. The summed E-state index contributed by atoms with van der Waals surface area (Å²) in [7, 11) is 0. The van der Waals surface area contributed by atoms with E-state index in [0.717, 1.165) is 12.8 Å². The Morgan fingerprint density at radius 2 is 1.75 bits per heavy atom. The van der Waals surface area contributed by atoms with Gasteiger partial charge in [0.15, 0.2) is 0 Å². The molecule has 0 aliphatic carbocycles. The van der Waals surface area contributed by atoms with E-state index < -0.39 is 0 Å². The topological polar surface area (TPSA) is 26.3 Å². The van der Waals surface area contributed by atoms with E-state index in [-0.39, 0.29) is 5.97 Å². The summed E-state index contributed by atoms with van der Waals surface area (Å²) in [4.78, 5) is 10.9. The maximum Gasteiger partial charge on any atom is 0.310 e. The Morgan fingerprint density at radius 1 is 1.19 bits per heavy atom. The monoisotopic (exact) mass is 226 g/mol. The van der Waals surface area contributed by atoms with Crippen LogP contribution in [0.4, 0.5) is 0 Å². The van der Waals surface area contributed by atoms with Crippen molar-refractivity contribution in [2.75, 3.05) is 0 Å². The van der Waals surface area contributed by atoms with Gasteiger partial charge in [-0.05, 0) is 18.3 Å². The van der Waals surface area contributed by atoms with Crippen molar-refractivity contribution < 1.29 is 9.53 Å². The van der Waals surface area contributed by atoms with Crippen molar-refractivity contribution in [2.24, 2.45) is 5.41 Å². The molecule has 0 spiro atoms. The lowest BCUT2D eigenvalue weighted by Crippen LogP contribution is -2.04. The Balaban J connectivity index is 0. The fourth-order valence-corrected chi connectivity index (χ4v) is 1.25. The summed E-state index contributed by atoms with van der Waals surface area (Å²) in [6.07, 6.45) is 6.12. The first-order valence-electron chi connectivity index (χ1n) is 5.76. The number of hydrogen-bond acceptors (Lipinski definition) is 2. The lowest BCUT2D eigenvalue weighted by Gasteiger charge is -2.17. The smallest absolute Gasteiger partial charge is 0.310 e. The normalized spacial score (nSPS) is 9.94. The second-order valence-corrected chi connectivity index (χ2v) is 4.78. The van der Waals surface area contributed by atoms with Crippen LogP contribution in [0.5, 0.6) is 0 Å². The fourth-order valence-electron chi connectivity index (χ4n) is 1.25. The van der Waals surface area contributed by atoms with E-state index in [1.807, 2.05) is 0 Å². The molecule has 0 N–H and O–H groups in total. The quantitative estimate of drug-likeness (QED) is 0.289. The number of rotatable bonds is 6. The zero-order valence-corrected chi connectivity index (χ0v) is 11.1. The van der Waals surface area contributed by atoms with Crippen molar-refractivity contribution in [3.8, 4) is 0 Å². The van der Waals surface area contributed by atoms with Crippen molar-refractivity contribution in [1.29, 1.82) is 0 Å². The molecule has 0 heterocycles. The molecule has 0 bridgehead atoms. The van der Waals surface area contributed by atoms with Crippen molar-refractivity contribution in [3.05, 3.63) is 26.0 Å². The van der Waals surface area contributed by atoms with Crippen LogP contribution in [-0.4, -0.2) is 5.97 Å². The summed E-state index contributed by atoms with van der Waals surface area (Å²) in [5.41, 5.74) is 0.404. The van der Waals surface area contributed by atoms with Crippen molar-refractivity contribution >= 4 is 5.97 Å². The molecule has 0 aliphatic heterocycles. The highest BCUT2D eigenvalue weighted by atomic mass is 16.5. The molecule has 0 radical (unpaired) electrons. The third-order valence-electron chi connectivity index (χ3n) is 2.02. The molecule has 0 rings (SSSR count). The Morgan fingerprint density at radius 3 is 2.19 bits per heavy atom. The predicted molar refractivity (Wildman–Crippen MR) is 70.1 cm³/mol. The highest BCUT2D eigenvalue weighted by Gasteiger charge is 2.09. The van der Waals surface area contributed by atoms with E-state index in [1.54, 1.807) is 0 Å². The third kappa shape index (κ3) is 15.4. The van der Waals surface area contributed by atoms with E-state index in [1.165, 1.54) is 19.1 Å². The van der Waals surface area contributed by atoms with Gasteiger partial charge in [-0.15, -0.1) is 13.2 Å². The average molecular weight is 226 g/mol. The maximum atomic E-state index is 10.9. The first kappa shape index (κ1) is 17.3. The Hall–Kier alpha value is -1.05. The lowest BCUT2D eigenvalue weighted by atomic mass is 9.89. The van der Waals surface area contributed by atoms with E-state index in [4.69, 9.17) is 0 Å². The molecule has 0 saturated heterocycles. The second kappa shape index (κ2) is 10.5. The molecule has 0 amide bonds. The average Bonchev–Trinajstić information content (AvgIpc) is 2.19. The lowest BCUT2D eigenvalue weighted by molar-refractivity contribution is -0.138. The molecule has 0 aromatic heterocycles. The molecule has 0 fully saturated rings. The van der Waals surface area contributed by atoms with Crippen LogP contribution in [-0.2, 0) is 9.53 Å². The molecule has 94 valence electrons. The van der Waals surface area contributed by atoms with Crippen molar-refractivity contribution in [1.82, 2.24) is 0 Å². The van der Waals surface area contributed by atoms with Gasteiger partial charge in [-0.2, -0.15) is 0 Å². The van der Waals surface area contributed by atoms with Gasteiger partial charge in [-0.25, -0.2) is 0 Å². The van der Waals surface area contributed by atoms with Gasteiger partial charge in [-0.3, -0.25) is 4.79 Å². The van der Waals surface area contributed by atoms with E-state index in [9.17, 15) is 4.79 Å². The first-order valence-corrected chi connectivity index (χ1v) is 5.76. The molecule has 0 unspecified atom stereocenters. The highest BCUT2D eigenvalue weighted by Crippen LogP contribution is 2.22. The summed E-state index contributed by atoms with van der Waals surface area (Å²) < 4.78 is 4.61. The van der Waals surface area contributed by atoms with Crippen LogP contribution >= 0.6 is 0 Å². The number of hydrogen-bond donors (Lipinski definition) is 0. The summed E-state index contributed by atoms with van der Waals surface area (Å²) >= 11 is 0. The summed E-state index contributed by atoms with van der Waals surface area (Å²) in [5.74, 6) is -0.171. The van der Waals surface area contributed by atoms with Gasteiger partial charge in [0.2, 0.25) is 0 Å². The van der Waals surface area contributed by atoms with Crippen LogP contribution in [0.2, 0.25) is 0 Å². The number of carbonyl (C=O) groups excluding carboxylic acids is 1. The Kier molecular flexibility index (Phi) is 11.3. The van der Waals surface area contributed by atoms with Crippen LogP contribution in [0.25, 0.3) is 0 Å². The predicted octanol–water partition coefficient (Wildman–Crippen LogP) is 4.47. The molecule has 0 saturated carbocycles. The van der Waals surface area contributed by atoms with Crippen molar-refractivity contribution in [3.63, 3.8) is 0 Å². The standard InChI is InChI=1S/C12H22O2.C2H4/c1-5-14-11(13)9-7-6-8-10-12(2,3)4;1-2/h5H,1,6-10H2,2-4H3;1-2H2. The number of esters is 1. The maximum absolute atomic E-state index is 10.9. The molecule has 16 heavy (non-hydrogen) atoms. The summed E-state index contributed by atoms with van der Waals surface area (Å²) in [6, 6.07) is 0. The molecule has 2 heteroatoms. The minimum absolute atomic E-state index is 0.171. The van der Waals surface area contributed by atoms with Gasteiger partial charge in [-0.1, -0.05) is 40.2 Å². The van der Waals surface area contributed by atoms with E-state index >= 15 is 0 Å². The zero-order valence-electron chi connectivity index (χ0n) is 11.1. The molecule has 0 aliphatic rings. The number of ether oxygens (including phenoxy) is 1. The molecular formula is C14H26O2. The van der Waals surface area contributed by atoms with Gasteiger partial charge in [0, 0.05) is 6.42 Å². The highest BCUT2D eigenvalue weighted by molar-refractivity contribution is 5.69. The summed E-state index contributed by atoms with van der Waals surface area (Å²) in [5, 5.41) is 0. The molecular weight excluding hydrogens is 200 g/mol. The number of carbonyl (C=O) groups is 1. The SMILES string of the molecule is C=C.C=COC(=O)CCCCCC(C)(C)C. The van der Waals surface area contributed by atoms with Crippen molar-refractivity contribution in [2.45, 2.75) is 52.9 Å². The van der Waals surface area contributed by atoms with Crippen LogP contribution < -0.4 is 0 Å². The minimum Gasteiger partial charge on any atom is -0.435 e. The van der Waals surface area contributed by atoms with Crippen LogP contribution in [0.3, 0.4) is 0 Å². The largest absolute Gasteiger partial charge is 0.435 e. The first-order chi connectivity index (χ1) is 7.45. The van der Waals surface area contributed by atoms with Gasteiger partial charge >= 0.3 is 5.97 Å². The summed E-state index contributed by atoms with van der Waals surface area (Å²) in [6.45, 7) is 16.0. The third-order valence-corrected chi connectivity index (χ3v) is 2.02. The molecule has 2 nitrogen and oxygen atoms in total. The Bertz CT molecular complexity index is 189. The second-order valence-electron chi connectivity index (χ2n) is 4.78. The van der Waals surface area contributed by atoms with Crippen LogP contribution in [0, 0.1) is 5.41 Å². The Labute approximate surface area is 100 Å². The molecule has 0 aromatic rings. The minimum atomic E-state index is -0.171. The molecule has 0 aromatic carbocycles. The van der Waals surface area contributed by atoms with Gasteiger partial charge in [0.1, 0.15) is 0 Å². The van der Waals surface area contributed by atoms with Gasteiger partial charge < -0.3 is 4.74 Å². The fraction of sp³-hybridized carbons (Fsp3) is 0.643. The van der Waals surface area contributed by atoms with Gasteiger partial charge in [0.25, 0.3) is 0 Å². The van der Waals surface area contributed by atoms with Gasteiger partial charge in [0.05, 0.1) is 6.26 Å². The van der Waals surface area contributed by atoms with E-state index in [0.29, 0.717) is 11.8 Å².